The van der Waals surface area contributed by atoms with Crippen molar-refractivity contribution in [3.05, 3.63) is 68.7 Å². The second-order valence-corrected chi connectivity index (χ2v) is 7.84. The number of benzene rings is 2. The van der Waals surface area contributed by atoms with Gasteiger partial charge in [0.05, 0.1) is 15.7 Å². The van der Waals surface area contributed by atoms with Gasteiger partial charge in [-0.25, -0.2) is 14.4 Å². The van der Waals surface area contributed by atoms with Crippen LogP contribution in [-0.2, 0) is 0 Å². The molecule has 0 aliphatic carbocycles. The maximum absolute atomic E-state index is 13.3. The van der Waals surface area contributed by atoms with Crippen molar-refractivity contribution in [2.24, 2.45) is 0 Å². The van der Waals surface area contributed by atoms with Crippen LogP contribution < -0.4 is 5.56 Å². The van der Waals surface area contributed by atoms with Crippen LogP contribution in [0.15, 0.2) is 52.4 Å². The van der Waals surface area contributed by atoms with Gasteiger partial charge in [0.25, 0.3) is 5.56 Å². The Labute approximate surface area is 173 Å². The fraction of sp³-hybridized carbons (Fsp3) is 0.105. The maximum Gasteiger partial charge on any atom is 0.286 e. The molecule has 9 heteroatoms. The number of fused-ring (bicyclic) bond motifs is 1. The molecule has 0 radical (unpaired) electrons. The van der Waals surface area contributed by atoms with Gasteiger partial charge in [0.1, 0.15) is 11.6 Å². The lowest BCUT2D eigenvalue weighted by atomic mass is 10.2. The molecule has 0 amide bonds. The second kappa shape index (κ2) is 7.58. The fourth-order valence-corrected chi connectivity index (χ4v) is 3.91. The number of hydrogen-bond acceptors (Lipinski definition) is 4. The first-order valence-electron chi connectivity index (χ1n) is 8.35. The van der Waals surface area contributed by atoms with Gasteiger partial charge in [0, 0.05) is 5.56 Å². The number of H-pyrrole nitrogens is 1. The molecule has 4 aromatic rings. The molecule has 4 rings (SSSR count). The summed E-state index contributed by atoms with van der Waals surface area (Å²) in [6.45, 7) is 1.96. The molecule has 0 spiro atoms. The van der Waals surface area contributed by atoms with Crippen LogP contribution in [0.5, 0.6) is 0 Å². The zero-order valence-corrected chi connectivity index (χ0v) is 16.9. The highest BCUT2D eigenvalue weighted by atomic mass is 35.5. The molecule has 2 aromatic carbocycles. The summed E-state index contributed by atoms with van der Waals surface area (Å²) in [4.78, 5) is 25.2. The Bertz CT molecular complexity index is 1240. The number of nitrogens with zero attached hydrogens (tertiary/aromatic N) is 3. The average Bonchev–Trinajstić information content (AvgIpc) is 3.10. The summed E-state index contributed by atoms with van der Waals surface area (Å²) in [5, 5.41) is 1.21. The van der Waals surface area contributed by atoms with Crippen molar-refractivity contribution in [1.82, 2.24) is 19.5 Å². The summed E-state index contributed by atoms with van der Waals surface area (Å²) in [5.74, 6) is 0.727. The SMILES string of the molecule is CCSc1nc2[nH]c(-c3cccc(Cl)c3Cl)nc2c(=O)n1-c1ccc(F)cc1. The Morgan fingerprint density at radius 3 is 2.61 bits per heavy atom. The van der Waals surface area contributed by atoms with E-state index in [1.165, 1.54) is 40.6 Å². The van der Waals surface area contributed by atoms with Gasteiger partial charge >= 0.3 is 0 Å². The maximum atomic E-state index is 13.3. The molecule has 2 aromatic heterocycles. The van der Waals surface area contributed by atoms with E-state index in [0.29, 0.717) is 43.7 Å². The van der Waals surface area contributed by atoms with E-state index in [4.69, 9.17) is 23.2 Å². The molecule has 1 N–H and O–H groups in total. The molecule has 0 unspecified atom stereocenters. The van der Waals surface area contributed by atoms with Gasteiger partial charge in [0.15, 0.2) is 16.3 Å². The standard InChI is InChI=1S/C19H13Cl2FN4OS/c1-2-28-19-25-17-15(18(27)26(19)11-8-6-10(22)7-9-11)23-16(24-17)12-4-3-5-13(20)14(12)21/h3-9H,2H2,1H3,(H,23,24). The Kier molecular flexibility index (Phi) is 5.14. The Balaban J connectivity index is 1.97. The third-order valence-corrected chi connectivity index (χ3v) is 5.69. The zero-order chi connectivity index (χ0) is 19.8. The number of imidazole rings is 1. The van der Waals surface area contributed by atoms with Crippen molar-refractivity contribution in [2.75, 3.05) is 5.75 Å². The van der Waals surface area contributed by atoms with E-state index in [9.17, 15) is 9.18 Å². The van der Waals surface area contributed by atoms with E-state index in [1.807, 2.05) is 6.92 Å². The Hall–Kier alpha value is -2.35. The van der Waals surface area contributed by atoms with Crippen LogP contribution in [0.2, 0.25) is 10.0 Å². The van der Waals surface area contributed by atoms with E-state index in [1.54, 1.807) is 18.2 Å². The van der Waals surface area contributed by atoms with Gasteiger partial charge in [0.2, 0.25) is 0 Å². The molecule has 0 aliphatic heterocycles. The van der Waals surface area contributed by atoms with Crippen LogP contribution >= 0.6 is 35.0 Å². The normalized spacial score (nSPS) is 11.3. The summed E-state index contributed by atoms with van der Waals surface area (Å²) in [6.07, 6.45) is 0. The number of nitrogens with one attached hydrogen (secondary N) is 1. The first-order valence-corrected chi connectivity index (χ1v) is 10.1. The number of halogens is 3. The molecule has 2 heterocycles. The third-order valence-electron chi connectivity index (χ3n) is 4.05. The van der Waals surface area contributed by atoms with Crippen molar-refractivity contribution in [3.8, 4) is 17.1 Å². The smallest absolute Gasteiger partial charge is 0.286 e. The summed E-state index contributed by atoms with van der Waals surface area (Å²) < 4.78 is 14.7. The number of aromatic nitrogens is 4. The van der Waals surface area contributed by atoms with Gasteiger partial charge in [-0.3, -0.25) is 9.36 Å². The van der Waals surface area contributed by atoms with Crippen LogP contribution in [0.25, 0.3) is 28.2 Å². The molecule has 142 valence electrons. The zero-order valence-electron chi connectivity index (χ0n) is 14.5. The van der Waals surface area contributed by atoms with E-state index in [-0.39, 0.29) is 16.9 Å². The van der Waals surface area contributed by atoms with Crippen LogP contribution in [0, 0.1) is 5.82 Å². The van der Waals surface area contributed by atoms with Gasteiger partial charge in [-0.2, -0.15) is 0 Å². The fourth-order valence-electron chi connectivity index (χ4n) is 2.79. The molecular weight excluding hydrogens is 422 g/mol. The largest absolute Gasteiger partial charge is 0.322 e. The van der Waals surface area contributed by atoms with E-state index in [0.717, 1.165) is 0 Å². The highest BCUT2D eigenvalue weighted by Gasteiger charge is 2.18. The van der Waals surface area contributed by atoms with Crippen molar-refractivity contribution in [2.45, 2.75) is 12.1 Å². The van der Waals surface area contributed by atoms with Gasteiger partial charge in [-0.1, -0.05) is 48.0 Å². The Morgan fingerprint density at radius 1 is 1.14 bits per heavy atom. The molecule has 0 aliphatic rings. The molecule has 0 saturated carbocycles. The van der Waals surface area contributed by atoms with Crippen LogP contribution in [0.3, 0.4) is 0 Å². The molecule has 0 bridgehead atoms. The van der Waals surface area contributed by atoms with Gasteiger partial charge in [-0.05, 0) is 42.2 Å². The van der Waals surface area contributed by atoms with Crippen molar-refractivity contribution >= 4 is 46.1 Å². The first-order chi connectivity index (χ1) is 13.5. The third kappa shape index (κ3) is 3.30. The number of aromatic amines is 1. The number of thioether (sulfide) groups is 1. The van der Waals surface area contributed by atoms with Crippen LogP contribution in [0.4, 0.5) is 4.39 Å². The summed E-state index contributed by atoms with van der Waals surface area (Å²) >= 11 is 13.8. The molecule has 5 nitrogen and oxygen atoms in total. The lowest BCUT2D eigenvalue weighted by Crippen LogP contribution is -2.22. The number of rotatable bonds is 4. The van der Waals surface area contributed by atoms with Crippen molar-refractivity contribution in [3.63, 3.8) is 0 Å². The summed E-state index contributed by atoms with van der Waals surface area (Å²) in [7, 11) is 0. The van der Waals surface area contributed by atoms with Crippen LogP contribution in [-0.4, -0.2) is 25.3 Å². The van der Waals surface area contributed by atoms with Crippen molar-refractivity contribution < 1.29 is 4.39 Å². The minimum Gasteiger partial charge on any atom is -0.322 e. The monoisotopic (exact) mass is 434 g/mol. The van der Waals surface area contributed by atoms with Crippen LogP contribution in [0.1, 0.15) is 6.92 Å². The minimum absolute atomic E-state index is 0.163. The Morgan fingerprint density at radius 2 is 1.89 bits per heavy atom. The quantitative estimate of drug-likeness (QED) is 0.348. The molecule has 0 saturated heterocycles. The lowest BCUT2D eigenvalue weighted by Gasteiger charge is -2.10. The molecule has 28 heavy (non-hydrogen) atoms. The summed E-state index contributed by atoms with van der Waals surface area (Å²) in [5.41, 5.74) is 1.25. The average molecular weight is 435 g/mol. The summed E-state index contributed by atoms with van der Waals surface area (Å²) in [6, 6.07) is 10.8. The van der Waals surface area contributed by atoms with E-state index >= 15 is 0 Å². The van der Waals surface area contributed by atoms with E-state index in [2.05, 4.69) is 15.0 Å². The second-order valence-electron chi connectivity index (χ2n) is 5.83. The van der Waals surface area contributed by atoms with E-state index < -0.39 is 0 Å². The minimum atomic E-state index is -0.381. The highest BCUT2D eigenvalue weighted by molar-refractivity contribution is 7.99. The predicted octanol–water partition coefficient (Wildman–Crippen LogP) is 5.33. The topological polar surface area (TPSA) is 63.6 Å². The lowest BCUT2D eigenvalue weighted by molar-refractivity contribution is 0.627. The molecule has 0 fully saturated rings. The highest BCUT2D eigenvalue weighted by Crippen LogP contribution is 2.32. The molecule has 0 atom stereocenters. The van der Waals surface area contributed by atoms with Crippen molar-refractivity contribution in [1.29, 1.82) is 0 Å². The first kappa shape index (κ1) is 19.0. The predicted molar refractivity (Wildman–Crippen MR) is 111 cm³/mol. The van der Waals surface area contributed by atoms with Gasteiger partial charge < -0.3 is 4.98 Å². The molecular formula is C19H13Cl2FN4OS. The number of hydrogen-bond donors (Lipinski definition) is 1. The van der Waals surface area contributed by atoms with Gasteiger partial charge in [-0.15, -0.1) is 0 Å².